The minimum Gasteiger partial charge on any atom is -0.372 e. The zero-order valence-electron chi connectivity index (χ0n) is 11.2. The predicted octanol–water partition coefficient (Wildman–Crippen LogP) is 2.71. The average molecular weight is 243 g/mol. The van der Waals surface area contributed by atoms with Gasteiger partial charge >= 0.3 is 0 Å². The Morgan fingerprint density at radius 2 is 2.22 bits per heavy atom. The molecule has 2 unspecified atom stereocenters. The molecule has 2 heteroatoms. The first kappa shape index (κ1) is 11.9. The lowest BCUT2D eigenvalue weighted by Gasteiger charge is -2.35. The molecule has 1 heterocycles. The Kier molecular flexibility index (Phi) is 3.00. The van der Waals surface area contributed by atoms with Crippen molar-refractivity contribution in [1.82, 2.24) is 4.90 Å². The standard InChI is InChI=1S/C16H21NO/c1-16-8-4-3-7-15(16)13(6-5-9-16)10-17(2)11-14-12-18-14/h3-7,9,14H,8,10-12H2,1-2H3. The van der Waals surface area contributed by atoms with Crippen molar-refractivity contribution in [1.29, 1.82) is 0 Å². The quantitative estimate of drug-likeness (QED) is 0.706. The fraction of sp³-hybridized carbons (Fsp3) is 0.500. The minimum atomic E-state index is 0.204. The molecule has 1 aliphatic heterocycles. The van der Waals surface area contributed by atoms with Crippen molar-refractivity contribution in [3.63, 3.8) is 0 Å². The van der Waals surface area contributed by atoms with Gasteiger partial charge in [-0.3, -0.25) is 4.90 Å². The van der Waals surface area contributed by atoms with Gasteiger partial charge in [0.05, 0.1) is 12.7 Å². The van der Waals surface area contributed by atoms with E-state index in [0.29, 0.717) is 6.10 Å². The molecule has 0 radical (unpaired) electrons. The van der Waals surface area contributed by atoms with Gasteiger partial charge in [0.1, 0.15) is 0 Å². The van der Waals surface area contributed by atoms with Crippen molar-refractivity contribution in [2.24, 2.45) is 5.41 Å². The van der Waals surface area contributed by atoms with Crippen molar-refractivity contribution in [2.45, 2.75) is 19.4 Å². The number of epoxide rings is 1. The topological polar surface area (TPSA) is 15.8 Å². The summed E-state index contributed by atoms with van der Waals surface area (Å²) in [5, 5.41) is 0. The van der Waals surface area contributed by atoms with Crippen molar-refractivity contribution in [3.05, 3.63) is 47.6 Å². The molecule has 0 bridgehead atoms. The van der Waals surface area contributed by atoms with Crippen LogP contribution in [0.15, 0.2) is 47.6 Å². The molecule has 0 aromatic carbocycles. The number of ether oxygens (including phenoxy) is 1. The van der Waals surface area contributed by atoms with Crippen molar-refractivity contribution in [3.8, 4) is 0 Å². The van der Waals surface area contributed by atoms with Crippen LogP contribution >= 0.6 is 0 Å². The molecule has 0 aromatic rings. The van der Waals surface area contributed by atoms with E-state index in [1.54, 1.807) is 0 Å². The smallest absolute Gasteiger partial charge is 0.0936 e. The Hall–Kier alpha value is -1.12. The van der Waals surface area contributed by atoms with Crippen LogP contribution in [0.3, 0.4) is 0 Å². The normalized spacial score (nSPS) is 33.2. The first-order valence-corrected chi connectivity index (χ1v) is 6.74. The van der Waals surface area contributed by atoms with Crippen molar-refractivity contribution >= 4 is 0 Å². The number of likely N-dealkylation sites (N-methyl/N-ethyl adjacent to an activating group) is 1. The summed E-state index contributed by atoms with van der Waals surface area (Å²) in [7, 11) is 2.18. The van der Waals surface area contributed by atoms with Gasteiger partial charge in [-0.2, -0.15) is 0 Å². The fourth-order valence-electron chi connectivity index (χ4n) is 2.89. The summed E-state index contributed by atoms with van der Waals surface area (Å²) in [6.45, 7) is 5.32. The number of rotatable bonds is 4. The van der Waals surface area contributed by atoms with E-state index in [1.165, 1.54) is 11.1 Å². The van der Waals surface area contributed by atoms with Gasteiger partial charge in [-0.15, -0.1) is 0 Å². The number of hydrogen-bond donors (Lipinski definition) is 0. The lowest BCUT2D eigenvalue weighted by Crippen LogP contribution is -2.30. The van der Waals surface area contributed by atoms with Crippen LogP contribution in [-0.2, 0) is 4.74 Å². The molecule has 0 amide bonds. The van der Waals surface area contributed by atoms with Crippen LogP contribution in [0.5, 0.6) is 0 Å². The summed E-state index contributed by atoms with van der Waals surface area (Å²) >= 11 is 0. The molecule has 2 aliphatic carbocycles. The van der Waals surface area contributed by atoms with Gasteiger partial charge < -0.3 is 4.74 Å². The molecule has 1 saturated heterocycles. The van der Waals surface area contributed by atoms with E-state index in [4.69, 9.17) is 4.74 Å². The zero-order valence-corrected chi connectivity index (χ0v) is 11.2. The van der Waals surface area contributed by atoms with E-state index in [2.05, 4.69) is 55.3 Å². The van der Waals surface area contributed by atoms with Crippen LogP contribution in [0.4, 0.5) is 0 Å². The first-order valence-electron chi connectivity index (χ1n) is 6.74. The Bertz CT molecular complexity index is 454. The molecule has 0 saturated carbocycles. The Balaban J connectivity index is 1.74. The van der Waals surface area contributed by atoms with Gasteiger partial charge in [-0.25, -0.2) is 0 Å². The first-order chi connectivity index (χ1) is 8.67. The molecule has 18 heavy (non-hydrogen) atoms. The molecule has 0 spiro atoms. The van der Waals surface area contributed by atoms with Crippen molar-refractivity contribution in [2.75, 3.05) is 26.7 Å². The average Bonchev–Trinajstić information content (AvgIpc) is 3.12. The van der Waals surface area contributed by atoms with E-state index < -0.39 is 0 Å². The summed E-state index contributed by atoms with van der Waals surface area (Å²) < 4.78 is 5.29. The van der Waals surface area contributed by atoms with Crippen LogP contribution < -0.4 is 0 Å². The van der Waals surface area contributed by atoms with Gasteiger partial charge in [-0.05, 0) is 24.6 Å². The molecule has 3 rings (SSSR count). The Morgan fingerprint density at radius 3 is 3.00 bits per heavy atom. The maximum Gasteiger partial charge on any atom is 0.0936 e. The molecular weight excluding hydrogens is 222 g/mol. The lowest BCUT2D eigenvalue weighted by atomic mass is 9.71. The highest BCUT2D eigenvalue weighted by Crippen LogP contribution is 2.42. The van der Waals surface area contributed by atoms with E-state index in [-0.39, 0.29) is 5.41 Å². The molecule has 0 N–H and O–H groups in total. The third kappa shape index (κ3) is 2.36. The van der Waals surface area contributed by atoms with Gasteiger partial charge in [0.25, 0.3) is 0 Å². The van der Waals surface area contributed by atoms with Gasteiger partial charge in [0.2, 0.25) is 0 Å². The summed E-state index contributed by atoms with van der Waals surface area (Å²) in [5.41, 5.74) is 3.14. The van der Waals surface area contributed by atoms with Crippen LogP contribution in [0.1, 0.15) is 13.3 Å². The SMILES string of the molecule is CN(CC1=CC=CC2(C)CC=CC=C12)CC1CO1. The number of hydrogen-bond acceptors (Lipinski definition) is 2. The van der Waals surface area contributed by atoms with E-state index in [9.17, 15) is 0 Å². The van der Waals surface area contributed by atoms with Crippen LogP contribution in [0.2, 0.25) is 0 Å². The second kappa shape index (κ2) is 4.52. The Morgan fingerprint density at radius 1 is 1.39 bits per heavy atom. The van der Waals surface area contributed by atoms with Crippen LogP contribution in [0, 0.1) is 5.41 Å². The lowest BCUT2D eigenvalue weighted by molar-refractivity contribution is 0.299. The monoisotopic (exact) mass is 243 g/mol. The highest BCUT2D eigenvalue weighted by Gasteiger charge is 2.31. The van der Waals surface area contributed by atoms with Gasteiger partial charge in [-0.1, -0.05) is 43.4 Å². The van der Waals surface area contributed by atoms with E-state index in [0.717, 1.165) is 26.1 Å². The Labute approximate surface area is 109 Å². The zero-order chi connectivity index (χ0) is 12.6. The summed E-state index contributed by atoms with van der Waals surface area (Å²) in [4.78, 5) is 2.36. The number of allylic oxidation sites excluding steroid dienone is 6. The van der Waals surface area contributed by atoms with Crippen LogP contribution in [-0.4, -0.2) is 37.7 Å². The van der Waals surface area contributed by atoms with Gasteiger partial charge in [0.15, 0.2) is 0 Å². The number of nitrogens with zero attached hydrogens (tertiary/aromatic N) is 1. The largest absolute Gasteiger partial charge is 0.372 e. The van der Waals surface area contributed by atoms with E-state index in [1.807, 2.05) is 0 Å². The summed E-state index contributed by atoms with van der Waals surface area (Å²) in [5.74, 6) is 0. The third-order valence-electron chi connectivity index (χ3n) is 4.02. The molecule has 96 valence electrons. The maximum atomic E-state index is 5.29. The molecule has 3 aliphatic rings. The maximum absolute atomic E-state index is 5.29. The highest BCUT2D eigenvalue weighted by atomic mass is 16.6. The molecule has 2 atom stereocenters. The second-order valence-corrected chi connectivity index (χ2v) is 5.83. The minimum absolute atomic E-state index is 0.204. The molecular formula is C16H21NO. The molecule has 1 fully saturated rings. The molecule has 2 nitrogen and oxygen atoms in total. The van der Waals surface area contributed by atoms with Crippen molar-refractivity contribution < 1.29 is 4.74 Å². The highest BCUT2D eigenvalue weighted by molar-refractivity contribution is 5.49. The van der Waals surface area contributed by atoms with Gasteiger partial charge in [0, 0.05) is 18.5 Å². The summed E-state index contributed by atoms with van der Waals surface area (Å²) in [6.07, 6.45) is 15.1. The predicted molar refractivity (Wildman–Crippen MR) is 74.4 cm³/mol. The number of fused-ring (bicyclic) bond motifs is 1. The molecule has 0 aromatic heterocycles. The second-order valence-electron chi connectivity index (χ2n) is 5.83. The van der Waals surface area contributed by atoms with Crippen LogP contribution in [0.25, 0.3) is 0 Å². The third-order valence-corrected chi connectivity index (χ3v) is 4.02. The summed E-state index contributed by atoms with van der Waals surface area (Å²) in [6, 6.07) is 0. The van der Waals surface area contributed by atoms with E-state index >= 15 is 0 Å². The fourth-order valence-corrected chi connectivity index (χ4v) is 2.89.